The van der Waals surface area contributed by atoms with E-state index in [0.717, 1.165) is 47.5 Å². The van der Waals surface area contributed by atoms with Gasteiger partial charge in [-0.3, -0.25) is 4.98 Å². The van der Waals surface area contributed by atoms with Crippen molar-refractivity contribution in [1.82, 2.24) is 4.98 Å². The molecule has 5 heteroatoms. The Bertz CT molecular complexity index is 976. The molecule has 0 unspecified atom stereocenters. The molecule has 1 aliphatic carbocycles. The van der Waals surface area contributed by atoms with E-state index in [0.29, 0.717) is 17.4 Å². The molecule has 1 aliphatic rings. The number of alkyl halides is 3. The van der Waals surface area contributed by atoms with Crippen LogP contribution in [0.3, 0.4) is 0 Å². The Hall–Kier alpha value is -2.82. The molecule has 2 nitrogen and oxygen atoms in total. The topological polar surface area (TPSA) is 24.9 Å². The minimum Gasteiger partial charge on any atom is -0.380 e. The van der Waals surface area contributed by atoms with Crippen LogP contribution in [0.15, 0.2) is 54.6 Å². The number of pyridine rings is 1. The molecule has 1 heterocycles. The Balaban J connectivity index is 1.82. The minimum absolute atomic E-state index is 0.379. The third-order valence-electron chi connectivity index (χ3n) is 4.57. The van der Waals surface area contributed by atoms with E-state index in [1.54, 1.807) is 0 Å². The van der Waals surface area contributed by atoms with Crippen LogP contribution >= 0.6 is 0 Å². The van der Waals surface area contributed by atoms with E-state index in [1.165, 1.54) is 6.07 Å². The van der Waals surface area contributed by atoms with Gasteiger partial charge >= 0.3 is 6.18 Å². The highest BCUT2D eigenvalue weighted by atomic mass is 19.4. The van der Waals surface area contributed by atoms with Gasteiger partial charge in [0.05, 0.1) is 22.5 Å². The second kappa shape index (κ2) is 6.48. The Kier molecular flexibility index (Phi) is 4.15. The van der Waals surface area contributed by atoms with Gasteiger partial charge in [-0.15, -0.1) is 0 Å². The monoisotopic (exact) mass is 354 g/mol. The molecule has 0 spiro atoms. The SMILES string of the molecule is FC(F)(F)c1ccc2c(NCc3ccccc3)c3c(nc2c1)CCC=C3. The summed E-state index contributed by atoms with van der Waals surface area (Å²) < 4.78 is 39.2. The van der Waals surface area contributed by atoms with Crippen molar-refractivity contribution in [3.05, 3.63) is 77.0 Å². The molecule has 0 atom stereocenters. The number of hydrogen-bond donors (Lipinski definition) is 1. The maximum absolute atomic E-state index is 13.1. The van der Waals surface area contributed by atoms with Gasteiger partial charge in [-0.25, -0.2) is 0 Å². The van der Waals surface area contributed by atoms with Crippen molar-refractivity contribution in [3.63, 3.8) is 0 Å². The molecule has 3 aromatic rings. The molecular formula is C21H17F3N2. The summed E-state index contributed by atoms with van der Waals surface area (Å²) >= 11 is 0. The second-order valence-corrected chi connectivity index (χ2v) is 6.36. The van der Waals surface area contributed by atoms with E-state index in [2.05, 4.69) is 16.4 Å². The van der Waals surface area contributed by atoms with E-state index in [-0.39, 0.29) is 0 Å². The zero-order valence-corrected chi connectivity index (χ0v) is 14.0. The first-order valence-corrected chi connectivity index (χ1v) is 8.50. The van der Waals surface area contributed by atoms with E-state index >= 15 is 0 Å². The van der Waals surface area contributed by atoms with Crippen molar-refractivity contribution >= 4 is 22.7 Å². The van der Waals surface area contributed by atoms with Gasteiger partial charge in [-0.05, 0) is 30.5 Å². The molecular weight excluding hydrogens is 337 g/mol. The standard InChI is InChI=1S/C21H17F3N2/c22-21(23,24)15-10-11-17-19(12-15)26-18-9-5-4-8-16(18)20(17)25-13-14-6-2-1-3-7-14/h1-4,6-8,10-12H,5,9,13H2,(H,25,26). The lowest BCUT2D eigenvalue weighted by Gasteiger charge is -2.19. The number of anilines is 1. The average molecular weight is 354 g/mol. The molecule has 0 aliphatic heterocycles. The van der Waals surface area contributed by atoms with Gasteiger partial charge in [-0.1, -0.05) is 48.6 Å². The predicted molar refractivity (Wildman–Crippen MR) is 97.9 cm³/mol. The molecule has 0 amide bonds. The van der Waals surface area contributed by atoms with E-state index in [1.807, 2.05) is 36.4 Å². The van der Waals surface area contributed by atoms with Crippen LogP contribution in [-0.4, -0.2) is 4.98 Å². The highest BCUT2D eigenvalue weighted by Gasteiger charge is 2.31. The average Bonchev–Trinajstić information content (AvgIpc) is 2.64. The highest BCUT2D eigenvalue weighted by molar-refractivity contribution is 5.97. The van der Waals surface area contributed by atoms with Gasteiger partial charge in [0, 0.05) is 17.5 Å². The lowest BCUT2D eigenvalue weighted by Crippen LogP contribution is -2.09. The van der Waals surface area contributed by atoms with Gasteiger partial charge < -0.3 is 5.32 Å². The first-order valence-electron chi connectivity index (χ1n) is 8.50. The summed E-state index contributed by atoms with van der Waals surface area (Å²) in [5.41, 5.74) is 3.48. The van der Waals surface area contributed by atoms with Crippen LogP contribution in [0.4, 0.5) is 18.9 Å². The molecule has 26 heavy (non-hydrogen) atoms. The van der Waals surface area contributed by atoms with Crippen LogP contribution in [0.2, 0.25) is 0 Å². The number of nitrogens with zero attached hydrogens (tertiary/aromatic N) is 1. The van der Waals surface area contributed by atoms with Gasteiger partial charge in [0.25, 0.3) is 0 Å². The smallest absolute Gasteiger partial charge is 0.380 e. The van der Waals surface area contributed by atoms with Crippen LogP contribution in [-0.2, 0) is 19.1 Å². The lowest BCUT2D eigenvalue weighted by atomic mass is 9.97. The molecule has 132 valence electrons. The summed E-state index contributed by atoms with van der Waals surface area (Å²) in [5, 5.41) is 4.13. The molecule has 2 aromatic carbocycles. The number of rotatable bonds is 3. The molecule has 0 fully saturated rings. The van der Waals surface area contributed by atoms with Crippen molar-refractivity contribution in [3.8, 4) is 0 Å². The van der Waals surface area contributed by atoms with Crippen LogP contribution in [0.1, 0.15) is 28.8 Å². The summed E-state index contributed by atoms with van der Waals surface area (Å²) in [7, 11) is 0. The first kappa shape index (κ1) is 16.6. The van der Waals surface area contributed by atoms with Gasteiger partial charge in [0.1, 0.15) is 0 Å². The Morgan fingerprint density at radius 1 is 1.04 bits per heavy atom. The van der Waals surface area contributed by atoms with Crippen LogP contribution in [0, 0.1) is 0 Å². The fraction of sp³-hybridized carbons (Fsp3) is 0.190. The maximum Gasteiger partial charge on any atom is 0.416 e. The van der Waals surface area contributed by atoms with Crippen molar-refractivity contribution in [1.29, 1.82) is 0 Å². The molecule has 0 radical (unpaired) electrons. The number of halogens is 3. The summed E-state index contributed by atoms with van der Waals surface area (Å²) in [5.74, 6) is 0. The Morgan fingerprint density at radius 3 is 2.62 bits per heavy atom. The quantitative estimate of drug-likeness (QED) is 0.640. The van der Waals surface area contributed by atoms with E-state index in [4.69, 9.17) is 0 Å². The second-order valence-electron chi connectivity index (χ2n) is 6.36. The molecule has 4 rings (SSSR count). The predicted octanol–water partition coefficient (Wildman–Crippen LogP) is 5.83. The number of nitrogens with one attached hydrogen (secondary N) is 1. The van der Waals surface area contributed by atoms with Crippen LogP contribution in [0.25, 0.3) is 17.0 Å². The molecule has 0 saturated heterocycles. The normalized spacial score (nSPS) is 13.7. The number of benzene rings is 2. The number of hydrogen-bond acceptors (Lipinski definition) is 2. The number of aromatic nitrogens is 1. The molecule has 1 aromatic heterocycles. The number of fused-ring (bicyclic) bond motifs is 2. The fourth-order valence-corrected chi connectivity index (χ4v) is 3.27. The molecule has 1 N–H and O–H groups in total. The summed E-state index contributed by atoms with van der Waals surface area (Å²) in [6.45, 7) is 0.598. The highest BCUT2D eigenvalue weighted by Crippen LogP contribution is 2.36. The Labute approximate surface area is 149 Å². The zero-order valence-electron chi connectivity index (χ0n) is 14.0. The fourth-order valence-electron chi connectivity index (χ4n) is 3.27. The van der Waals surface area contributed by atoms with E-state index in [9.17, 15) is 13.2 Å². The summed E-state index contributed by atoms with van der Waals surface area (Å²) in [4.78, 5) is 4.51. The van der Waals surface area contributed by atoms with Crippen LogP contribution < -0.4 is 5.32 Å². The van der Waals surface area contributed by atoms with Crippen molar-refractivity contribution in [2.45, 2.75) is 25.6 Å². The number of allylic oxidation sites excluding steroid dienone is 1. The summed E-state index contributed by atoms with van der Waals surface area (Å²) in [6, 6.07) is 13.7. The van der Waals surface area contributed by atoms with Crippen molar-refractivity contribution < 1.29 is 13.2 Å². The molecule has 0 saturated carbocycles. The molecule has 0 bridgehead atoms. The summed E-state index contributed by atoms with van der Waals surface area (Å²) in [6.07, 6.45) is 1.30. The maximum atomic E-state index is 13.1. The largest absolute Gasteiger partial charge is 0.416 e. The van der Waals surface area contributed by atoms with Gasteiger partial charge in [0.15, 0.2) is 0 Å². The van der Waals surface area contributed by atoms with E-state index < -0.39 is 11.7 Å². The van der Waals surface area contributed by atoms with Crippen LogP contribution in [0.5, 0.6) is 0 Å². The van der Waals surface area contributed by atoms with Gasteiger partial charge in [-0.2, -0.15) is 13.2 Å². The zero-order chi connectivity index (χ0) is 18.1. The van der Waals surface area contributed by atoms with Gasteiger partial charge in [0.2, 0.25) is 0 Å². The number of aryl methyl sites for hydroxylation is 1. The minimum atomic E-state index is -4.37. The third kappa shape index (κ3) is 3.17. The van der Waals surface area contributed by atoms with Crippen molar-refractivity contribution in [2.24, 2.45) is 0 Å². The lowest BCUT2D eigenvalue weighted by molar-refractivity contribution is -0.137. The third-order valence-corrected chi connectivity index (χ3v) is 4.57. The first-order chi connectivity index (χ1) is 12.5. The van der Waals surface area contributed by atoms with Crippen molar-refractivity contribution in [2.75, 3.05) is 5.32 Å². The Morgan fingerprint density at radius 2 is 1.85 bits per heavy atom.